The average Bonchev–Trinajstić information content (AvgIpc) is 2.75. The first-order valence-electron chi connectivity index (χ1n) is 6.29. The fourth-order valence-electron chi connectivity index (χ4n) is 2.34. The largest absolute Gasteiger partial charge is 0.469 e. The summed E-state index contributed by atoms with van der Waals surface area (Å²) < 4.78 is 5.85. The molecule has 0 saturated carbocycles. The van der Waals surface area contributed by atoms with Crippen LogP contribution in [0.1, 0.15) is 42.2 Å². The van der Waals surface area contributed by atoms with Crippen molar-refractivity contribution >= 4 is 33.2 Å². The van der Waals surface area contributed by atoms with Gasteiger partial charge in [-0.15, -0.1) is 11.3 Å². The number of hydrogen-bond donors (Lipinski definition) is 1. The molecule has 0 bridgehead atoms. The second-order valence-corrected chi connectivity index (χ2v) is 7.02. The number of esters is 1. The molecule has 5 heteroatoms. The Bertz CT molecular complexity index is 419. The van der Waals surface area contributed by atoms with Crippen LogP contribution in [0.25, 0.3) is 0 Å². The second kappa shape index (κ2) is 6.68. The molecule has 0 aliphatic heterocycles. The number of ether oxygens (including phenoxy) is 1. The Morgan fingerprint density at radius 3 is 3.28 bits per heavy atom. The first-order chi connectivity index (χ1) is 8.70. The molecule has 0 amide bonds. The van der Waals surface area contributed by atoms with Crippen LogP contribution in [0.3, 0.4) is 0 Å². The summed E-state index contributed by atoms with van der Waals surface area (Å²) in [6, 6.07) is 2.69. The van der Waals surface area contributed by atoms with E-state index in [2.05, 4.69) is 32.0 Å². The standard InChI is InChI=1S/C13H18BrNO2S/c1-17-13(16)6-3-7-15-10-4-2-5-11-9(10)8-12(14)18-11/h8,10,15H,2-7H2,1H3. The van der Waals surface area contributed by atoms with Gasteiger partial charge in [0.05, 0.1) is 10.9 Å². The molecule has 1 unspecified atom stereocenters. The molecule has 1 atom stereocenters. The molecule has 1 aromatic rings. The molecule has 1 aromatic heterocycles. The Balaban J connectivity index is 1.82. The van der Waals surface area contributed by atoms with Gasteiger partial charge in [0.15, 0.2) is 0 Å². The summed E-state index contributed by atoms with van der Waals surface area (Å²) in [7, 11) is 1.44. The van der Waals surface area contributed by atoms with Gasteiger partial charge < -0.3 is 10.1 Å². The smallest absolute Gasteiger partial charge is 0.305 e. The van der Waals surface area contributed by atoms with E-state index in [9.17, 15) is 4.79 Å². The van der Waals surface area contributed by atoms with E-state index in [0.29, 0.717) is 12.5 Å². The van der Waals surface area contributed by atoms with Crippen molar-refractivity contribution in [3.8, 4) is 0 Å². The molecule has 0 saturated heterocycles. The van der Waals surface area contributed by atoms with Gasteiger partial charge in [-0.25, -0.2) is 0 Å². The Kier molecular flexibility index (Phi) is 5.21. The molecule has 1 N–H and O–H groups in total. The third kappa shape index (κ3) is 3.56. The Hall–Kier alpha value is -0.390. The van der Waals surface area contributed by atoms with Crippen LogP contribution < -0.4 is 5.32 Å². The van der Waals surface area contributed by atoms with Gasteiger partial charge in [0.1, 0.15) is 0 Å². The summed E-state index contributed by atoms with van der Waals surface area (Å²) in [6.07, 6.45) is 4.97. The Morgan fingerprint density at radius 1 is 1.67 bits per heavy atom. The third-order valence-electron chi connectivity index (χ3n) is 3.26. The summed E-state index contributed by atoms with van der Waals surface area (Å²) >= 11 is 5.40. The van der Waals surface area contributed by atoms with Crippen LogP contribution in [-0.4, -0.2) is 19.6 Å². The lowest BCUT2D eigenvalue weighted by Gasteiger charge is -2.23. The monoisotopic (exact) mass is 331 g/mol. The third-order valence-corrected chi connectivity index (χ3v) is 4.97. The van der Waals surface area contributed by atoms with Gasteiger partial charge >= 0.3 is 5.97 Å². The SMILES string of the molecule is COC(=O)CCCNC1CCCc2sc(Br)cc21. The normalized spacial score (nSPS) is 18.4. The highest BCUT2D eigenvalue weighted by molar-refractivity contribution is 9.11. The number of nitrogens with one attached hydrogen (secondary N) is 1. The highest BCUT2D eigenvalue weighted by Crippen LogP contribution is 2.37. The zero-order chi connectivity index (χ0) is 13.0. The molecule has 2 rings (SSSR count). The van der Waals surface area contributed by atoms with E-state index in [0.717, 1.165) is 13.0 Å². The maximum absolute atomic E-state index is 11.0. The predicted molar refractivity (Wildman–Crippen MR) is 77.0 cm³/mol. The highest BCUT2D eigenvalue weighted by atomic mass is 79.9. The fourth-order valence-corrected chi connectivity index (χ4v) is 4.16. The molecule has 1 aliphatic carbocycles. The minimum atomic E-state index is -0.126. The maximum atomic E-state index is 11.0. The zero-order valence-corrected chi connectivity index (χ0v) is 12.9. The fraction of sp³-hybridized carbons (Fsp3) is 0.615. The number of carbonyl (C=O) groups excluding carboxylic acids is 1. The van der Waals surface area contributed by atoms with E-state index < -0.39 is 0 Å². The summed E-state index contributed by atoms with van der Waals surface area (Å²) in [5, 5.41) is 3.55. The minimum Gasteiger partial charge on any atom is -0.469 e. The van der Waals surface area contributed by atoms with Crippen molar-refractivity contribution in [3.05, 3.63) is 20.3 Å². The summed E-state index contributed by atoms with van der Waals surface area (Å²) in [4.78, 5) is 12.5. The van der Waals surface area contributed by atoms with E-state index in [-0.39, 0.29) is 5.97 Å². The van der Waals surface area contributed by atoms with Crippen LogP contribution in [0.2, 0.25) is 0 Å². The average molecular weight is 332 g/mol. The lowest BCUT2D eigenvalue weighted by molar-refractivity contribution is -0.140. The first-order valence-corrected chi connectivity index (χ1v) is 7.90. The summed E-state index contributed by atoms with van der Waals surface area (Å²) in [5.41, 5.74) is 1.44. The molecule has 0 fully saturated rings. The molecule has 3 nitrogen and oxygen atoms in total. The summed E-state index contributed by atoms with van der Waals surface area (Å²) in [5.74, 6) is -0.126. The van der Waals surface area contributed by atoms with Crippen molar-refractivity contribution < 1.29 is 9.53 Å². The number of thiophene rings is 1. The maximum Gasteiger partial charge on any atom is 0.305 e. The van der Waals surface area contributed by atoms with Crippen molar-refractivity contribution in [1.82, 2.24) is 5.32 Å². The van der Waals surface area contributed by atoms with Crippen molar-refractivity contribution in [2.24, 2.45) is 0 Å². The van der Waals surface area contributed by atoms with Gasteiger partial charge in [0.25, 0.3) is 0 Å². The molecule has 18 heavy (non-hydrogen) atoms. The number of hydrogen-bond acceptors (Lipinski definition) is 4. The number of carbonyl (C=O) groups is 1. The van der Waals surface area contributed by atoms with Crippen molar-refractivity contribution in [2.75, 3.05) is 13.7 Å². The van der Waals surface area contributed by atoms with Crippen LogP contribution in [0.15, 0.2) is 9.85 Å². The first kappa shape index (κ1) is 14.0. The second-order valence-electron chi connectivity index (χ2n) is 4.51. The van der Waals surface area contributed by atoms with Crippen LogP contribution in [0.4, 0.5) is 0 Å². The predicted octanol–water partition coefficient (Wildman–Crippen LogP) is 3.43. The minimum absolute atomic E-state index is 0.126. The van der Waals surface area contributed by atoms with E-state index >= 15 is 0 Å². The van der Waals surface area contributed by atoms with Crippen molar-refractivity contribution in [2.45, 2.75) is 38.1 Å². The molecule has 1 aliphatic rings. The molecule has 0 aromatic carbocycles. The van der Waals surface area contributed by atoms with Gasteiger partial charge in [-0.1, -0.05) is 0 Å². The lowest BCUT2D eigenvalue weighted by atomic mass is 9.94. The van der Waals surface area contributed by atoms with E-state index in [1.165, 1.54) is 40.6 Å². The van der Waals surface area contributed by atoms with Crippen LogP contribution in [0.5, 0.6) is 0 Å². The Labute approximate surface area is 120 Å². The van der Waals surface area contributed by atoms with Gasteiger partial charge in [-0.05, 0) is 59.8 Å². The topological polar surface area (TPSA) is 38.3 Å². The summed E-state index contributed by atoms with van der Waals surface area (Å²) in [6.45, 7) is 0.868. The molecular weight excluding hydrogens is 314 g/mol. The van der Waals surface area contributed by atoms with Crippen LogP contribution in [-0.2, 0) is 16.0 Å². The Morgan fingerprint density at radius 2 is 2.50 bits per heavy atom. The number of halogens is 1. The van der Waals surface area contributed by atoms with E-state index in [4.69, 9.17) is 0 Å². The van der Waals surface area contributed by atoms with Gasteiger partial charge in [-0.3, -0.25) is 4.79 Å². The van der Waals surface area contributed by atoms with E-state index in [1.54, 1.807) is 0 Å². The molecule has 100 valence electrons. The zero-order valence-electron chi connectivity index (χ0n) is 10.5. The van der Waals surface area contributed by atoms with Gasteiger partial charge in [0.2, 0.25) is 0 Å². The lowest BCUT2D eigenvalue weighted by Crippen LogP contribution is -2.25. The quantitative estimate of drug-likeness (QED) is 0.663. The van der Waals surface area contributed by atoms with Crippen LogP contribution >= 0.6 is 27.3 Å². The van der Waals surface area contributed by atoms with Crippen molar-refractivity contribution in [1.29, 1.82) is 0 Å². The number of methoxy groups -OCH3 is 1. The number of rotatable bonds is 5. The van der Waals surface area contributed by atoms with Gasteiger partial charge in [-0.2, -0.15) is 0 Å². The van der Waals surface area contributed by atoms with Crippen LogP contribution in [0, 0.1) is 0 Å². The number of aryl methyl sites for hydroxylation is 1. The van der Waals surface area contributed by atoms with Gasteiger partial charge in [0, 0.05) is 17.3 Å². The molecule has 0 spiro atoms. The highest BCUT2D eigenvalue weighted by Gasteiger charge is 2.21. The number of fused-ring (bicyclic) bond motifs is 1. The molecule has 0 radical (unpaired) electrons. The molecular formula is C13H18BrNO2S. The van der Waals surface area contributed by atoms with Crippen molar-refractivity contribution in [3.63, 3.8) is 0 Å². The molecule has 1 heterocycles. The van der Waals surface area contributed by atoms with E-state index in [1.807, 2.05) is 11.3 Å².